The zero-order valence-corrected chi connectivity index (χ0v) is 12.4. The Labute approximate surface area is 115 Å². The normalized spacial score (nSPS) is 21.3. The molecule has 0 saturated carbocycles. The molecule has 1 fully saturated rings. The molecular weight excluding hydrogens is 244 g/mol. The number of carbonyl (C=O) groups excluding carboxylic acids is 2. The summed E-state index contributed by atoms with van der Waals surface area (Å²) < 4.78 is 0. The number of rotatable bonds is 4. The summed E-state index contributed by atoms with van der Waals surface area (Å²) in [6.07, 6.45) is 1.68. The van der Waals surface area contributed by atoms with Gasteiger partial charge >= 0.3 is 0 Å². The Morgan fingerprint density at radius 3 is 2.58 bits per heavy atom. The SMILES string of the molecule is CC(NC(=O)C(C)(C)C)C(=O)N1CCC(CCO)C1. The van der Waals surface area contributed by atoms with Crippen molar-refractivity contribution in [1.29, 1.82) is 0 Å². The van der Waals surface area contributed by atoms with Crippen LogP contribution in [-0.2, 0) is 9.59 Å². The molecule has 1 saturated heterocycles. The third-order valence-electron chi connectivity index (χ3n) is 3.53. The zero-order chi connectivity index (χ0) is 14.6. The number of aliphatic hydroxyl groups excluding tert-OH is 1. The number of nitrogens with one attached hydrogen (secondary N) is 1. The lowest BCUT2D eigenvalue weighted by molar-refractivity contribution is -0.137. The second-order valence-corrected chi connectivity index (χ2v) is 6.40. The van der Waals surface area contributed by atoms with Crippen LogP contribution in [0.3, 0.4) is 0 Å². The standard InChI is InChI=1S/C14H26N2O3/c1-10(15-13(19)14(2,3)4)12(18)16-7-5-11(9-16)6-8-17/h10-11,17H,5-9H2,1-4H3,(H,15,19). The van der Waals surface area contributed by atoms with E-state index in [0.29, 0.717) is 12.5 Å². The van der Waals surface area contributed by atoms with E-state index >= 15 is 0 Å². The number of hydrogen-bond donors (Lipinski definition) is 2. The highest BCUT2D eigenvalue weighted by molar-refractivity contribution is 5.89. The monoisotopic (exact) mass is 270 g/mol. The molecule has 0 aromatic carbocycles. The van der Waals surface area contributed by atoms with E-state index in [1.807, 2.05) is 20.8 Å². The summed E-state index contributed by atoms with van der Waals surface area (Å²) >= 11 is 0. The summed E-state index contributed by atoms with van der Waals surface area (Å²) in [6.45, 7) is 8.79. The van der Waals surface area contributed by atoms with Crippen molar-refractivity contribution in [3.05, 3.63) is 0 Å². The maximum Gasteiger partial charge on any atom is 0.244 e. The van der Waals surface area contributed by atoms with Gasteiger partial charge in [-0.05, 0) is 25.7 Å². The molecule has 1 rings (SSSR count). The number of carbonyl (C=O) groups is 2. The minimum absolute atomic E-state index is 0.0296. The van der Waals surface area contributed by atoms with Gasteiger partial charge in [0.1, 0.15) is 6.04 Å². The average Bonchev–Trinajstić information content (AvgIpc) is 2.75. The highest BCUT2D eigenvalue weighted by atomic mass is 16.3. The van der Waals surface area contributed by atoms with Crippen LogP contribution in [-0.4, -0.2) is 47.6 Å². The van der Waals surface area contributed by atoms with E-state index in [9.17, 15) is 9.59 Å². The Kier molecular flexibility index (Phi) is 5.35. The van der Waals surface area contributed by atoms with Crippen molar-refractivity contribution in [3.8, 4) is 0 Å². The second kappa shape index (κ2) is 6.37. The zero-order valence-electron chi connectivity index (χ0n) is 12.4. The molecule has 2 N–H and O–H groups in total. The van der Waals surface area contributed by atoms with Crippen molar-refractivity contribution < 1.29 is 14.7 Å². The molecule has 0 spiro atoms. The molecule has 1 aliphatic heterocycles. The quantitative estimate of drug-likeness (QED) is 0.792. The van der Waals surface area contributed by atoms with Crippen LogP contribution in [0.2, 0.25) is 0 Å². The summed E-state index contributed by atoms with van der Waals surface area (Å²) in [4.78, 5) is 25.8. The van der Waals surface area contributed by atoms with Gasteiger partial charge in [-0.3, -0.25) is 9.59 Å². The van der Waals surface area contributed by atoms with Crippen molar-refractivity contribution in [2.45, 2.75) is 46.6 Å². The average molecular weight is 270 g/mol. The predicted octanol–water partition coefficient (Wildman–Crippen LogP) is 0.768. The number of hydrogen-bond acceptors (Lipinski definition) is 3. The fourth-order valence-corrected chi connectivity index (χ4v) is 2.20. The maximum absolute atomic E-state index is 12.2. The summed E-state index contributed by atoms with van der Waals surface area (Å²) in [7, 11) is 0. The Hall–Kier alpha value is -1.10. The van der Waals surface area contributed by atoms with Gasteiger partial charge in [-0.2, -0.15) is 0 Å². The summed E-state index contributed by atoms with van der Waals surface area (Å²) in [5.74, 6) is 0.247. The van der Waals surface area contributed by atoms with E-state index in [4.69, 9.17) is 5.11 Å². The highest BCUT2D eigenvalue weighted by Crippen LogP contribution is 2.20. The van der Waals surface area contributed by atoms with Crippen molar-refractivity contribution in [2.75, 3.05) is 19.7 Å². The minimum atomic E-state index is -0.487. The third-order valence-corrected chi connectivity index (χ3v) is 3.53. The molecule has 110 valence electrons. The largest absolute Gasteiger partial charge is 0.396 e. The first-order chi connectivity index (χ1) is 8.75. The highest BCUT2D eigenvalue weighted by Gasteiger charge is 2.31. The molecule has 19 heavy (non-hydrogen) atoms. The Morgan fingerprint density at radius 1 is 1.42 bits per heavy atom. The minimum Gasteiger partial charge on any atom is -0.396 e. The van der Waals surface area contributed by atoms with E-state index in [1.165, 1.54) is 0 Å². The Bertz CT molecular complexity index is 336. The van der Waals surface area contributed by atoms with E-state index in [2.05, 4.69) is 5.32 Å². The first kappa shape index (κ1) is 16.0. The number of likely N-dealkylation sites (tertiary alicyclic amines) is 1. The summed E-state index contributed by atoms with van der Waals surface area (Å²) in [6, 6.07) is -0.486. The van der Waals surface area contributed by atoms with Crippen LogP contribution in [0.15, 0.2) is 0 Å². The molecular formula is C14H26N2O3. The van der Waals surface area contributed by atoms with Gasteiger partial charge in [-0.25, -0.2) is 0 Å². The summed E-state index contributed by atoms with van der Waals surface area (Å²) in [5, 5.41) is 11.7. The lowest BCUT2D eigenvalue weighted by Gasteiger charge is -2.25. The van der Waals surface area contributed by atoms with Gasteiger partial charge in [0.25, 0.3) is 0 Å². The molecule has 1 aliphatic rings. The molecule has 0 aromatic rings. The van der Waals surface area contributed by atoms with Crippen LogP contribution in [0.4, 0.5) is 0 Å². The van der Waals surface area contributed by atoms with Crippen LogP contribution >= 0.6 is 0 Å². The summed E-state index contributed by atoms with van der Waals surface area (Å²) in [5.41, 5.74) is -0.487. The van der Waals surface area contributed by atoms with Crippen LogP contribution < -0.4 is 5.32 Å². The lowest BCUT2D eigenvalue weighted by Crippen LogP contribution is -2.49. The third kappa shape index (κ3) is 4.49. The van der Waals surface area contributed by atoms with Gasteiger partial charge in [0.05, 0.1) is 0 Å². The molecule has 0 aromatic heterocycles. The van der Waals surface area contributed by atoms with Gasteiger partial charge in [-0.1, -0.05) is 20.8 Å². The Balaban J connectivity index is 2.48. The molecule has 0 bridgehead atoms. The molecule has 0 aliphatic carbocycles. The van der Waals surface area contributed by atoms with Gasteiger partial charge in [0.2, 0.25) is 11.8 Å². The fourth-order valence-electron chi connectivity index (χ4n) is 2.20. The van der Waals surface area contributed by atoms with Gasteiger partial charge in [0, 0.05) is 25.1 Å². The fraction of sp³-hybridized carbons (Fsp3) is 0.857. The second-order valence-electron chi connectivity index (χ2n) is 6.40. The van der Waals surface area contributed by atoms with Crippen LogP contribution in [0, 0.1) is 11.3 Å². The van der Waals surface area contributed by atoms with Crippen molar-refractivity contribution in [1.82, 2.24) is 10.2 Å². The van der Waals surface area contributed by atoms with Crippen molar-refractivity contribution in [3.63, 3.8) is 0 Å². The van der Waals surface area contributed by atoms with E-state index in [0.717, 1.165) is 19.4 Å². The van der Waals surface area contributed by atoms with E-state index < -0.39 is 11.5 Å². The van der Waals surface area contributed by atoms with Crippen LogP contribution in [0.1, 0.15) is 40.5 Å². The topological polar surface area (TPSA) is 69.6 Å². The molecule has 5 nitrogen and oxygen atoms in total. The lowest BCUT2D eigenvalue weighted by atomic mass is 9.95. The molecule has 0 radical (unpaired) electrons. The van der Waals surface area contributed by atoms with Crippen molar-refractivity contribution in [2.24, 2.45) is 11.3 Å². The van der Waals surface area contributed by atoms with E-state index in [1.54, 1.807) is 11.8 Å². The number of amides is 2. The first-order valence-corrected chi connectivity index (χ1v) is 6.96. The van der Waals surface area contributed by atoms with Crippen LogP contribution in [0.25, 0.3) is 0 Å². The Morgan fingerprint density at radius 2 is 2.05 bits per heavy atom. The molecule has 5 heteroatoms. The maximum atomic E-state index is 12.2. The predicted molar refractivity (Wildman–Crippen MR) is 73.4 cm³/mol. The van der Waals surface area contributed by atoms with Gasteiger partial charge < -0.3 is 15.3 Å². The smallest absolute Gasteiger partial charge is 0.244 e. The van der Waals surface area contributed by atoms with Gasteiger partial charge in [0.15, 0.2) is 0 Å². The first-order valence-electron chi connectivity index (χ1n) is 6.96. The molecule has 2 amide bonds. The van der Waals surface area contributed by atoms with Gasteiger partial charge in [-0.15, -0.1) is 0 Å². The molecule has 2 unspecified atom stereocenters. The number of aliphatic hydroxyl groups is 1. The molecule has 2 atom stereocenters. The van der Waals surface area contributed by atoms with Crippen LogP contribution in [0.5, 0.6) is 0 Å². The van der Waals surface area contributed by atoms with E-state index in [-0.39, 0.29) is 18.4 Å². The number of nitrogens with zero attached hydrogens (tertiary/aromatic N) is 1. The van der Waals surface area contributed by atoms with Crippen molar-refractivity contribution >= 4 is 11.8 Å². The molecule has 1 heterocycles.